The lowest BCUT2D eigenvalue weighted by molar-refractivity contribution is 1.21. The molecule has 0 amide bonds. The maximum atomic E-state index is 8.60. The van der Waals surface area contributed by atoms with Crippen molar-refractivity contribution in [3.05, 3.63) is 27.1 Å². The van der Waals surface area contributed by atoms with Gasteiger partial charge in [0.15, 0.2) is 0 Å². The van der Waals surface area contributed by atoms with E-state index in [1.54, 1.807) is 6.20 Å². The smallest absolute Gasteiger partial charge is 0.119 e. The van der Waals surface area contributed by atoms with Gasteiger partial charge in [-0.25, -0.2) is 4.98 Å². The predicted molar refractivity (Wildman–Crippen MR) is 46.4 cm³/mol. The Labute approximate surface area is 73.0 Å². The van der Waals surface area contributed by atoms with Crippen LogP contribution in [0.4, 0.5) is 0 Å². The zero-order valence-corrected chi connectivity index (χ0v) is 7.58. The highest BCUT2D eigenvalue weighted by molar-refractivity contribution is 14.1. The monoisotopic (exact) mass is 244 g/mol. The molecule has 1 rings (SSSR count). The second-order valence-electron chi connectivity index (χ2n) is 1.91. The Morgan fingerprint density at radius 2 is 2.40 bits per heavy atom. The fourth-order valence-corrected chi connectivity index (χ4v) is 1.37. The molecule has 0 saturated carbocycles. The first kappa shape index (κ1) is 7.48. The number of aryl methyl sites for hydroxylation is 1. The number of hydrogen-bond donors (Lipinski definition) is 0. The third-order valence-corrected chi connectivity index (χ3v) is 2.04. The van der Waals surface area contributed by atoms with Crippen molar-refractivity contribution in [2.24, 2.45) is 0 Å². The molecule has 0 N–H and O–H groups in total. The molecule has 0 aromatic carbocycles. The third kappa shape index (κ3) is 1.27. The van der Waals surface area contributed by atoms with Crippen molar-refractivity contribution in [3.8, 4) is 6.07 Å². The van der Waals surface area contributed by atoms with Gasteiger partial charge in [0, 0.05) is 6.20 Å². The van der Waals surface area contributed by atoms with E-state index in [1.165, 1.54) is 0 Å². The molecular formula is C7H5IN2. The first-order valence-corrected chi connectivity index (χ1v) is 3.85. The first-order chi connectivity index (χ1) is 4.75. The largest absolute Gasteiger partial charge is 0.249 e. The summed E-state index contributed by atoms with van der Waals surface area (Å²) >= 11 is 2.05. The van der Waals surface area contributed by atoms with Gasteiger partial charge in [-0.15, -0.1) is 0 Å². The second-order valence-corrected chi connectivity index (χ2v) is 2.93. The van der Waals surface area contributed by atoms with Gasteiger partial charge in [-0.2, -0.15) is 5.26 Å². The van der Waals surface area contributed by atoms with Crippen LogP contribution in [0.2, 0.25) is 0 Å². The normalized spacial score (nSPS) is 8.90. The van der Waals surface area contributed by atoms with E-state index >= 15 is 0 Å². The van der Waals surface area contributed by atoms with Crippen LogP contribution in [0.1, 0.15) is 11.1 Å². The van der Waals surface area contributed by atoms with Crippen molar-refractivity contribution >= 4 is 22.6 Å². The lowest BCUT2D eigenvalue weighted by Crippen LogP contribution is -1.89. The van der Waals surface area contributed by atoms with Gasteiger partial charge in [0.05, 0.1) is 5.56 Å². The molecule has 1 aromatic heterocycles. The van der Waals surface area contributed by atoms with E-state index in [1.807, 2.05) is 13.0 Å². The molecular weight excluding hydrogens is 239 g/mol. The Kier molecular flexibility index (Phi) is 2.22. The Bertz CT molecular complexity index is 268. The number of hydrogen-bond acceptors (Lipinski definition) is 2. The second kappa shape index (κ2) is 2.97. The van der Waals surface area contributed by atoms with Crippen LogP contribution in [0.25, 0.3) is 0 Å². The van der Waals surface area contributed by atoms with E-state index in [0.717, 1.165) is 9.26 Å². The highest BCUT2D eigenvalue weighted by atomic mass is 127. The summed E-state index contributed by atoms with van der Waals surface area (Å²) in [5.74, 6) is 0. The zero-order chi connectivity index (χ0) is 7.56. The molecule has 0 bridgehead atoms. The van der Waals surface area contributed by atoms with Crippen LogP contribution in [0.5, 0.6) is 0 Å². The molecule has 10 heavy (non-hydrogen) atoms. The van der Waals surface area contributed by atoms with Crippen LogP contribution in [0.15, 0.2) is 12.3 Å². The van der Waals surface area contributed by atoms with Gasteiger partial charge in [0.1, 0.15) is 9.77 Å². The van der Waals surface area contributed by atoms with E-state index in [0.29, 0.717) is 5.56 Å². The predicted octanol–water partition coefficient (Wildman–Crippen LogP) is 1.87. The van der Waals surface area contributed by atoms with Gasteiger partial charge in [0.25, 0.3) is 0 Å². The van der Waals surface area contributed by atoms with Crippen molar-refractivity contribution in [1.82, 2.24) is 4.98 Å². The molecule has 0 fully saturated rings. The molecule has 0 aliphatic rings. The van der Waals surface area contributed by atoms with Gasteiger partial charge >= 0.3 is 0 Å². The summed E-state index contributed by atoms with van der Waals surface area (Å²) in [7, 11) is 0. The maximum absolute atomic E-state index is 8.60. The molecule has 1 heterocycles. The maximum Gasteiger partial charge on any atom is 0.119 e. The summed E-state index contributed by atoms with van der Waals surface area (Å²) in [6, 6.07) is 3.93. The van der Waals surface area contributed by atoms with E-state index in [-0.39, 0.29) is 0 Å². The average Bonchev–Trinajstić information content (AvgIpc) is 1.88. The highest BCUT2D eigenvalue weighted by Crippen LogP contribution is 2.11. The van der Waals surface area contributed by atoms with Gasteiger partial charge < -0.3 is 0 Å². The minimum absolute atomic E-state index is 0.683. The molecule has 0 radical (unpaired) electrons. The summed E-state index contributed by atoms with van der Waals surface area (Å²) in [6.45, 7) is 1.91. The van der Waals surface area contributed by atoms with Crippen molar-refractivity contribution in [3.63, 3.8) is 0 Å². The Morgan fingerprint density at radius 3 is 2.80 bits per heavy atom. The summed E-state index contributed by atoms with van der Waals surface area (Å²) in [4.78, 5) is 3.97. The first-order valence-electron chi connectivity index (χ1n) is 2.77. The quantitative estimate of drug-likeness (QED) is 0.516. The molecule has 0 spiro atoms. The van der Waals surface area contributed by atoms with E-state index < -0.39 is 0 Å². The topological polar surface area (TPSA) is 36.7 Å². The fourth-order valence-electron chi connectivity index (χ4n) is 0.659. The van der Waals surface area contributed by atoms with Crippen LogP contribution >= 0.6 is 22.6 Å². The number of nitrogens with zero attached hydrogens (tertiary/aromatic N) is 2. The molecule has 2 nitrogen and oxygen atoms in total. The minimum Gasteiger partial charge on any atom is -0.249 e. The Morgan fingerprint density at radius 1 is 1.70 bits per heavy atom. The lowest BCUT2D eigenvalue weighted by Gasteiger charge is -1.95. The zero-order valence-electron chi connectivity index (χ0n) is 5.43. The molecule has 0 aliphatic carbocycles. The number of aromatic nitrogens is 1. The van der Waals surface area contributed by atoms with Crippen molar-refractivity contribution in [2.75, 3.05) is 0 Å². The van der Waals surface area contributed by atoms with Crippen LogP contribution < -0.4 is 0 Å². The molecule has 0 saturated heterocycles. The molecule has 0 unspecified atom stereocenters. The summed E-state index contributed by atoms with van der Waals surface area (Å²) in [5, 5.41) is 8.60. The van der Waals surface area contributed by atoms with Crippen molar-refractivity contribution in [2.45, 2.75) is 6.92 Å². The summed E-state index contributed by atoms with van der Waals surface area (Å²) in [5.41, 5.74) is 1.67. The number of pyridine rings is 1. The molecule has 0 atom stereocenters. The Hall–Kier alpha value is -0.630. The third-order valence-electron chi connectivity index (χ3n) is 1.22. The van der Waals surface area contributed by atoms with E-state index in [9.17, 15) is 0 Å². The van der Waals surface area contributed by atoms with Gasteiger partial charge in [-0.1, -0.05) is 0 Å². The molecule has 1 aromatic rings. The number of halogens is 1. The van der Waals surface area contributed by atoms with Crippen LogP contribution in [-0.4, -0.2) is 4.98 Å². The average molecular weight is 244 g/mol. The molecule has 3 heteroatoms. The molecule has 50 valence electrons. The van der Waals surface area contributed by atoms with Crippen molar-refractivity contribution < 1.29 is 0 Å². The van der Waals surface area contributed by atoms with Crippen LogP contribution in [0.3, 0.4) is 0 Å². The van der Waals surface area contributed by atoms with Gasteiger partial charge in [0.2, 0.25) is 0 Å². The van der Waals surface area contributed by atoms with Crippen molar-refractivity contribution in [1.29, 1.82) is 5.26 Å². The summed E-state index contributed by atoms with van der Waals surface area (Å²) in [6.07, 6.45) is 1.71. The standard InChI is InChI=1S/C7H5IN2/c1-5-2-3-10-7(8)6(5)4-9/h2-3H,1H3. The van der Waals surface area contributed by atoms with Crippen LogP contribution in [-0.2, 0) is 0 Å². The van der Waals surface area contributed by atoms with Gasteiger partial charge in [-0.05, 0) is 41.1 Å². The van der Waals surface area contributed by atoms with Crippen LogP contribution in [0, 0.1) is 22.0 Å². The number of rotatable bonds is 0. The molecule has 0 aliphatic heterocycles. The number of nitriles is 1. The van der Waals surface area contributed by atoms with E-state index in [4.69, 9.17) is 5.26 Å². The highest BCUT2D eigenvalue weighted by Gasteiger charge is 2.00. The fraction of sp³-hybridized carbons (Fsp3) is 0.143. The summed E-state index contributed by atoms with van der Waals surface area (Å²) < 4.78 is 0.778. The van der Waals surface area contributed by atoms with E-state index in [2.05, 4.69) is 33.6 Å². The SMILES string of the molecule is Cc1ccnc(I)c1C#N. The van der Waals surface area contributed by atoms with Gasteiger partial charge in [-0.3, -0.25) is 0 Å². The Balaban J connectivity index is 3.34. The lowest BCUT2D eigenvalue weighted by atomic mass is 10.2. The minimum atomic E-state index is 0.683.